The minimum Gasteiger partial charge on any atom is -0.309 e. The minimum absolute atomic E-state index is 0.568. The van der Waals surface area contributed by atoms with Gasteiger partial charge in [-0.3, -0.25) is 4.57 Å². The van der Waals surface area contributed by atoms with Crippen molar-refractivity contribution in [2.24, 2.45) is 0 Å². The molecule has 0 N–H and O–H groups in total. The Balaban J connectivity index is 1.03. The summed E-state index contributed by atoms with van der Waals surface area (Å²) in [5.74, 6) is 1.77. The molecule has 0 unspecified atom stereocenters. The lowest BCUT2D eigenvalue weighted by atomic mass is 10.0. The van der Waals surface area contributed by atoms with Gasteiger partial charge in [0.2, 0.25) is 5.95 Å². The van der Waals surface area contributed by atoms with Crippen LogP contribution in [0.25, 0.3) is 117 Å². The van der Waals surface area contributed by atoms with E-state index >= 15 is 0 Å². The fraction of sp³-hybridized carbons (Fsp3) is 0. The molecule has 6 nitrogen and oxygen atoms in total. The topological polar surface area (TPSA) is 53.5 Å². The lowest BCUT2D eigenvalue weighted by Gasteiger charge is -2.13. The zero-order valence-corrected chi connectivity index (χ0v) is 34.0. The molecular formula is C57H36N6. The molecule has 63 heavy (non-hydrogen) atoms. The van der Waals surface area contributed by atoms with Crippen molar-refractivity contribution in [3.05, 3.63) is 218 Å². The molecule has 0 saturated heterocycles. The fourth-order valence-electron chi connectivity index (χ4n) is 9.65. The van der Waals surface area contributed by atoms with E-state index in [1.54, 1.807) is 0 Å². The Morgan fingerprint density at radius 1 is 0.238 bits per heavy atom. The molecule has 4 aromatic heterocycles. The molecule has 0 amide bonds. The maximum atomic E-state index is 5.32. The molecule has 0 spiro atoms. The average molecular weight is 805 g/mol. The Morgan fingerprint density at radius 3 is 1.24 bits per heavy atom. The van der Waals surface area contributed by atoms with Crippen molar-refractivity contribution in [2.75, 3.05) is 0 Å². The Kier molecular flexibility index (Phi) is 7.80. The first kappa shape index (κ1) is 35.2. The van der Waals surface area contributed by atoms with Gasteiger partial charge in [0.05, 0.1) is 33.1 Å². The number of benzene rings is 9. The second-order valence-electron chi connectivity index (χ2n) is 16.1. The van der Waals surface area contributed by atoms with Crippen LogP contribution < -0.4 is 0 Å². The largest absolute Gasteiger partial charge is 0.309 e. The van der Waals surface area contributed by atoms with Crippen LogP contribution in [-0.2, 0) is 0 Å². The van der Waals surface area contributed by atoms with Crippen molar-refractivity contribution in [2.45, 2.75) is 0 Å². The average Bonchev–Trinajstić information content (AvgIpc) is 3.99. The molecule has 4 heterocycles. The van der Waals surface area contributed by atoms with E-state index in [-0.39, 0.29) is 0 Å². The lowest BCUT2D eigenvalue weighted by Crippen LogP contribution is -2.06. The zero-order chi connectivity index (χ0) is 41.4. The summed E-state index contributed by atoms with van der Waals surface area (Å²) in [5, 5.41) is 7.17. The van der Waals surface area contributed by atoms with Crippen LogP contribution in [0.5, 0.6) is 0 Å². The fourth-order valence-corrected chi connectivity index (χ4v) is 9.65. The molecule has 13 aromatic rings. The molecule has 0 bridgehead atoms. The van der Waals surface area contributed by atoms with E-state index in [9.17, 15) is 0 Å². The predicted octanol–water partition coefficient (Wildman–Crippen LogP) is 14.2. The molecule has 6 heteroatoms. The highest BCUT2D eigenvalue weighted by molar-refractivity contribution is 6.19. The van der Waals surface area contributed by atoms with Gasteiger partial charge in [-0.15, -0.1) is 0 Å². The molecule has 0 radical (unpaired) electrons. The van der Waals surface area contributed by atoms with E-state index in [4.69, 9.17) is 15.0 Å². The number of aromatic nitrogens is 6. The van der Waals surface area contributed by atoms with Gasteiger partial charge in [0, 0.05) is 54.8 Å². The van der Waals surface area contributed by atoms with Gasteiger partial charge >= 0.3 is 0 Å². The Bertz CT molecular complexity index is 3840. The van der Waals surface area contributed by atoms with Crippen molar-refractivity contribution in [3.63, 3.8) is 0 Å². The van der Waals surface area contributed by atoms with Crippen LogP contribution in [0.4, 0.5) is 0 Å². The van der Waals surface area contributed by atoms with Gasteiger partial charge in [-0.05, 0) is 71.8 Å². The van der Waals surface area contributed by atoms with Gasteiger partial charge in [-0.1, -0.05) is 158 Å². The predicted molar refractivity (Wildman–Crippen MR) is 259 cm³/mol. The summed E-state index contributed by atoms with van der Waals surface area (Å²) in [7, 11) is 0. The molecule has 0 aliphatic rings. The first-order chi connectivity index (χ1) is 31.2. The summed E-state index contributed by atoms with van der Waals surface area (Å²) < 4.78 is 6.95. The normalized spacial score (nSPS) is 11.8. The highest BCUT2D eigenvalue weighted by atomic mass is 15.2. The van der Waals surface area contributed by atoms with Crippen molar-refractivity contribution in [1.82, 2.24) is 28.7 Å². The molecule has 0 fully saturated rings. The van der Waals surface area contributed by atoms with E-state index in [0.717, 1.165) is 72.0 Å². The Hall–Kier alpha value is -8.61. The minimum atomic E-state index is 0.568. The second-order valence-corrected chi connectivity index (χ2v) is 16.1. The van der Waals surface area contributed by atoms with E-state index in [1.165, 1.54) is 27.1 Å². The van der Waals surface area contributed by atoms with Crippen LogP contribution in [0.15, 0.2) is 218 Å². The molecule has 0 aliphatic heterocycles. The smallest absolute Gasteiger partial charge is 0.238 e. The van der Waals surface area contributed by atoms with Crippen molar-refractivity contribution in [3.8, 4) is 51.2 Å². The summed E-state index contributed by atoms with van der Waals surface area (Å²) in [6.45, 7) is 0. The molecule has 0 atom stereocenters. The first-order valence-electron chi connectivity index (χ1n) is 21.3. The van der Waals surface area contributed by atoms with Gasteiger partial charge in [-0.2, -0.15) is 9.97 Å². The standard InChI is InChI=1S/C57H36N6/c1-3-16-37(17-4-1)38-30-32-39(33-31-38)55-58-56(60-57(59-55)63-51-28-13-7-22-43(51)44-23-8-14-29-52(44)63)40-18-15-21-42(34-40)62-50-27-12-10-25-46(50)48-35-47-45-24-9-11-26-49(45)61(53(47)36-54(48)62)41-19-5-2-6-20-41/h1-36H. The SMILES string of the molecule is c1ccc(-c2ccc(-c3nc(-c4cccc(-n5c6ccccc6c6cc7c8ccccc8n(-c8ccccc8)c7cc65)c4)nc(-n4c5ccccc5c5ccccc54)n3)cc2)cc1. The number of para-hydroxylation sites is 5. The van der Waals surface area contributed by atoms with Crippen LogP contribution in [-0.4, -0.2) is 28.7 Å². The summed E-state index contributed by atoms with van der Waals surface area (Å²) in [6.07, 6.45) is 0. The quantitative estimate of drug-likeness (QED) is 0.168. The van der Waals surface area contributed by atoms with Crippen LogP contribution in [0.1, 0.15) is 0 Å². The summed E-state index contributed by atoms with van der Waals surface area (Å²) >= 11 is 0. The molecule has 13 rings (SSSR count). The van der Waals surface area contributed by atoms with E-state index in [2.05, 4.69) is 226 Å². The van der Waals surface area contributed by atoms with Gasteiger partial charge in [-0.25, -0.2) is 4.98 Å². The number of hydrogen-bond donors (Lipinski definition) is 0. The number of nitrogens with zero attached hydrogens (tertiary/aromatic N) is 6. The second kappa shape index (κ2) is 14.0. The third kappa shape index (κ3) is 5.55. The van der Waals surface area contributed by atoms with E-state index in [0.29, 0.717) is 17.6 Å². The number of hydrogen-bond acceptors (Lipinski definition) is 3. The zero-order valence-electron chi connectivity index (χ0n) is 34.0. The third-order valence-electron chi connectivity index (χ3n) is 12.5. The van der Waals surface area contributed by atoms with Gasteiger partial charge in [0.25, 0.3) is 0 Å². The number of rotatable bonds is 6. The van der Waals surface area contributed by atoms with Crippen molar-refractivity contribution < 1.29 is 0 Å². The molecule has 294 valence electrons. The maximum absolute atomic E-state index is 5.32. The summed E-state index contributed by atoms with van der Waals surface area (Å²) in [5.41, 5.74) is 12.9. The Morgan fingerprint density at radius 2 is 0.651 bits per heavy atom. The van der Waals surface area contributed by atoms with Crippen LogP contribution in [0.3, 0.4) is 0 Å². The first-order valence-corrected chi connectivity index (χ1v) is 21.3. The third-order valence-corrected chi connectivity index (χ3v) is 12.5. The van der Waals surface area contributed by atoms with E-state index in [1.807, 2.05) is 6.07 Å². The van der Waals surface area contributed by atoms with Gasteiger partial charge < -0.3 is 9.13 Å². The maximum Gasteiger partial charge on any atom is 0.238 e. The number of fused-ring (bicyclic) bond motifs is 9. The highest BCUT2D eigenvalue weighted by Crippen LogP contribution is 2.40. The monoisotopic (exact) mass is 804 g/mol. The van der Waals surface area contributed by atoms with Crippen LogP contribution in [0, 0.1) is 0 Å². The molecular weight excluding hydrogens is 769 g/mol. The summed E-state index contributed by atoms with van der Waals surface area (Å²) in [6, 6.07) is 77.4. The van der Waals surface area contributed by atoms with Gasteiger partial charge in [0.15, 0.2) is 11.6 Å². The van der Waals surface area contributed by atoms with E-state index < -0.39 is 0 Å². The molecule has 9 aromatic carbocycles. The van der Waals surface area contributed by atoms with Gasteiger partial charge in [0.1, 0.15) is 0 Å². The Labute approximate surface area is 362 Å². The lowest BCUT2D eigenvalue weighted by molar-refractivity contribution is 0.953. The van der Waals surface area contributed by atoms with Crippen molar-refractivity contribution >= 4 is 65.4 Å². The molecule has 0 aliphatic carbocycles. The van der Waals surface area contributed by atoms with Crippen LogP contribution >= 0.6 is 0 Å². The molecule has 0 saturated carbocycles. The summed E-state index contributed by atoms with van der Waals surface area (Å²) in [4.78, 5) is 15.8. The van der Waals surface area contributed by atoms with Crippen molar-refractivity contribution in [1.29, 1.82) is 0 Å². The van der Waals surface area contributed by atoms with Crippen LogP contribution in [0.2, 0.25) is 0 Å². The highest BCUT2D eigenvalue weighted by Gasteiger charge is 2.21.